The molecule has 0 saturated heterocycles. The lowest BCUT2D eigenvalue weighted by Crippen LogP contribution is -2.00. The molecule has 3 heterocycles. The number of aromatic nitrogens is 5. The van der Waals surface area contributed by atoms with Gasteiger partial charge in [0, 0.05) is 38.8 Å². The molecule has 0 N–H and O–H groups in total. The highest BCUT2D eigenvalue weighted by atomic mass is 15.2. The SMILES string of the molecule is Cc1c(-c2cccc(-c3nc(-c4ccccc4)nc(-c4ccc(-c5ccccc5)cc4)n3)c2)nn2c(-c3ccccc3)cc3ccccc3c12. The minimum Gasteiger partial charge on any atom is -0.232 e. The van der Waals surface area contributed by atoms with Crippen molar-refractivity contribution in [2.45, 2.75) is 6.92 Å². The Morgan fingerprint density at radius 2 is 0.880 bits per heavy atom. The fraction of sp³-hybridized carbons (Fsp3) is 0.0222. The zero-order valence-electron chi connectivity index (χ0n) is 27.4. The number of rotatable bonds is 6. The molecule has 0 aliphatic heterocycles. The summed E-state index contributed by atoms with van der Waals surface area (Å²) in [7, 11) is 0. The Morgan fingerprint density at radius 3 is 1.56 bits per heavy atom. The van der Waals surface area contributed by atoms with Gasteiger partial charge in [-0.1, -0.05) is 158 Å². The highest BCUT2D eigenvalue weighted by molar-refractivity contribution is 6.01. The monoisotopic (exact) mass is 641 g/mol. The Hall–Kier alpha value is -6.72. The van der Waals surface area contributed by atoms with Crippen LogP contribution in [0.1, 0.15) is 5.56 Å². The molecule has 50 heavy (non-hydrogen) atoms. The van der Waals surface area contributed by atoms with Crippen LogP contribution in [0.2, 0.25) is 0 Å². The van der Waals surface area contributed by atoms with Gasteiger partial charge in [0.15, 0.2) is 17.5 Å². The van der Waals surface area contributed by atoms with Gasteiger partial charge in [0.2, 0.25) is 0 Å². The number of nitrogens with zero attached hydrogens (tertiary/aromatic N) is 5. The van der Waals surface area contributed by atoms with Crippen molar-refractivity contribution in [1.82, 2.24) is 24.6 Å². The van der Waals surface area contributed by atoms with Crippen LogP contribution in [0.5, 0.6) is 0 Å². The van der Waals surface area contributed by atoms with E-state index in [0.29, 0.717) is 17.5 Å². The van der Waals surface area contributed by atoms with Crippen molar-refractivity contribution < 1.29 is 0 Å². The standard InChI is InChI=1S/C45H31N5/c1-30-41(49-50-40(33-16-7-3-8-17-33)29-36-20-11-12-23-39(36)42(30)50)37-21-13-22-38(28-37)45-47-43(34-18-9-4-10-19-34)46-44(48-45)35-26-24-32(25-27-35)31-14-5-2-6-15-31/h2-29H,1H3. The van der Waals surface area contributed by atoms with Crippen LogP contribution in [0.15, 0.2) is 170 Å². The molecule has 0 aliphatic rings. The van der Waals surface area contributed by atoms with Crippen LogP contribution in [0.25, 0.3) is 84.1 Å². The van der Waals surface area contributed by atoms with Crippen LogP contribution >= 0.6 is 0 Å². The van der Waals surface area contributed by atoms with Crippen LogP contribution in [-0.4, -0.2) is 24.6 Å². The van der Waals surface area contributed by atoms with Gasteiger partial charge in [-0.15, -0.1) is 0 Å². The van der Waals surface area contributed by atoms with Gasteiger partial charge in [-0.2, -0.15) is 5.10 Å². The molecule has 0 spiro atoms. The summed E-state index contributed by atoms with van der Waals surface area (Å²) in [6, 6.07) is 58.5. The molecule has 0 saturated carbocycles. The average Bonchev–Trinajstić information content (AvgIpc) is 3.55. The van der Waals surface area contributed by atoms with Crippen molar-refractivity contribution in [3.05, 3.63) is 175 Å². The third-order valence-corrected chi connectivity index (χ3v) is 9.24. The van der Waals surface area contributed by atoms with Gasteiger partial charge in [0.25, 0.3) is 0 Å². The zero-order valence-corrected chi connectivity index (χ0v) is 27.4. The second-order valence-corrected chi connectivity index (χ2v) is 12.4. The van der Waals surface area contributed by atoms with E-state index in [1.54, 1.807) is 0 Å². The van der Waals surface area contributed by atoms with Crippen LogP contribution in [-0.2, 0) is 0 Å². The van der Waals surface area contributed by atoms with Gasteiger partial charge < -0.3 is 0 Å². The molecule has 5 heteroatoms. The molecule has 9 aromatic rings. The van der Waals surface area contributed by atoms with Crippen molar-refractivity contribution >= 4 is 16.3 Å². The fourth-order valence-electron chi connectivity index (χ4n) is 6.72. The average molecular weight is 642 g/mol. The predicted octanol–water partition coefficient (Wildman–Crippen LogP) is 11.0. The molecule has 0 radical (unpaired) electrons. The number of aryl methyl sites for hydroxylation is 1. The van der Waals surface area contributed by atoms with E-state index in [-0.39, 0.29) is 0 Å². The molecular weight excluding hydrogens is 611 g/mol. The summed E-state index contributed by atoms with van der Waals surface area (Å²) in [5.74, 6) is 1.87. The third-order valence-electron chi connectivity index (χ3n) is 9.24. The number of hydrogen-bond acceptors (Lipinski definition) is 4. The number of fused-ring (bicyclic) bond motifs is 3. The van der Waals surface area contributed by atoms with Gasteiger partial charge in [-0.3, -0.25) is 0 Å². The summed E-state index contributed by atoms with van der Waals surface area (Å²) < 4.78 is 2.10. The normalized spacial score (nSPS) is 11.3. The lowest BCUT2D eigenvalue weighted by Gasteiger charge is -2.10. The smallest absolute Gasteiger partial charge is 0.164 e. The molecule has 0 aliphatic carbocycles. The predicted molar refractivity (Wildman–Crippen MR) is 203 cm³/mol. The first kappa shape index (κ1) is 29.4. The molecule has 0 atom stereocenters. The van der Waals surface area contributed by atoms with E-state index in [9.17, 15) is 0 Å². The van der Waals surface area contributed by atoms with Gasteiger partial charge in [-0.05, 0) is 35.6 Å². The minimum atomic E-state index is 0.611. The van der Waals surface area contributed by atoms with Crippen LogP contribution < -0.4 is 0 Å². The molecule has 0 unspecified atom stereocenters. The van der Waals surface area contributed by atoms with E-state index in [1.165, 1.54) is 16.3 Å². The molecule has 236 valence electrons. The first-order chi connectivity index (χ1) is 24.7. The zero-order chi connectivity index (χ0) is 33.4. The summed E-state index contributed by atoms with van der Waals surface area (Å²) in [5, 5.41) is 7.63. The van der Waals surface area contributed by atoms with Crippen LogP contribution in [0.4, 0.5) is 0 Å². The van der Waals surface area contributed by atoms with Crippen molar-refractivity contribution in [2.75, 3.05) is 0 Å². The van der Waals surface area contributed by atoms with E-state index in [1.807, 2.05) is 42.5 Å². The number of hydrogen-bond donors (Lipinski definition) is 0. The van der Waals surface area contributed by atoms with E-state index in [2.05, 4.69) is 139 Å². The summed E-state index contributed by atoms with van der Waals surface area (Å²) >= 11 is 0. The molecule has 0 amide bonds. The van der Waals surface area contributed by atoms with Crippen molar-refractivity contribution in [3.8, 4) is 67.8 Å². The largest absolute Gasteiger partial charge is 0.232 e. The highest BCUT2D eigenvalue weighted by Gasteiger charge is 2.19. The Bertz CT molecular complexity index is 2630. The molecule has 6 aromatic carbocycles. The Kier molecular flexibility index (Phi) is 7.29. The van der Waals surface area contributed by atoms with Gasteiger partial charge in [-0.25, -0.2) is 19.5 Å². The van der Waals surface area contributed by atoms with Gasteiger partial charge in [0.1, 0.15) is 0 Å². The van der Waals surface area contributed by atoms with E-state index in [4.69, 9.17) is 20.1 Å². The molecule has 3 aromatic heterocycles. The summed E-state index contributed by atoms with van der Waals surface area (Å²) in [5.41, 5.74) is 11.4. The molecular formula is C45H31N5. The van der Waals surface area contributed by atoms with E-state index in [0.717, 1.165) is 55.8 Å². The van der Waals surface area contributed by atoms with E-state index < -0.39 is 0 Å². The topological polar surface area (TPSA) is 56.0 Å². The minimum absolute atomic E-state index is 0.611. The lowest BCUT2D eigenvalue weighted by atomic mass is 10.0. The molecule has 5 nitrogen and oxygen atoms in total. The quantitative estimate of drug-likeness (QED) is 0.181. The molecule has 9 rings (SSSR count). The Morgan fingerprint density at radius 1 is 0.400 bits per heavy atom. The summed E-state index contributed by atoms with van der Waals surface area (Å²) in [4.78, 5) is 15.0. The third kappa shape index (κ3) is 5.31. The maximum Gasteiger partial charge on any atom is 0.164 e. The Balaban J connectivity index is 1.18. The van der Waals surface area contributed by atoms with Crippen molar-refractivity contribution in [1.29, 1.82) is 0 Å². The number of pyridine rings is 1. The van der Waals surface area contributed by atoms with Crippen molar-refractivity contribution in [3.63, 3.8) is 0 Å². The van der Waals surface area contributed by atoms with Crippen LogP contribution in [0.3, 0.4) is 0 Å². The van der Waals surface area contributed by atoms with Gasteiger partial charge >= 0.3 is 0 Å². The number of benzene rings is 6. The molecule has 0 bridgehead atoms. The maximum absolute atomic E-state index is 5.27. The summed E-state index contributed by atoms with van der Waals surface area (Å²) in [6.07, 6.45) is 0. The second-order valence-electron chi connectivity index (χ2n) is 12.4. The first-order valence-electron chi connectivity index (χ1n) is 16.7. The van der Waals surface area contributed by atoms with E-state index >= 15 is 0 Å². The fourth-order valence-corrected chi connectivity index (χ4v) is 6.72. The molecule has 0 fully saturated rings. The maximum atomic E-state index is 5.27. The Labute approximate surface area is 290 Å². The first-order valence-corrected chi connectivity index (χ1v) is 16.7. The lowest BCUT2D eigenvalue weighted by molar-refractivity contribution is 0.979. The van der Waals surface area contributed by atoms with Crippen LogP contribution in [0, 0.1) is 6.92 Å². The summed E-state index contributed by atoms with van der Waals surface area (Å²) in [6.45, 7) is 2.17. The van der Waals surface area contributed by atoms with Crippen molar-refractivity contribution in [2.24, 2.45) is 0 Å². The van der Waals surface area contributed by atoms with Gasteiger partial charge in [0.05, 0.1) is 16.9 Å². The second kappa shape index (κ2) is 12.4. The highest BCUT2D eigenvalue weighted by Crippen LogP contribution is 2.36.